The maximum absolute atomic E-state index is 5.51. The first-order chi connectivity index (χ1) is 5.94. The summed E-state index contributed by atoms with van der Waals surface area (Å²) in [5.74, 6) is 0.892. The van der Waals surface area contributed by atoms with Gasteiger partial charge in [0.2, 0.25) is 0 Å². The highest BCUT2D eigenvalue weighted by molar-refractivity contribution is 9.11. The highest BCUT2D eigenvalue weighted by atomic mass is 79.9. The van der Waals surface area contributed by atoms with Crippen molar-refractivity contribution in [1.82, 2.24) is 4.90 Å². The van der Waals surface area contributed by atoms with E-state index in [2.05, 4.69) is 21.0 Å². The van der Waals surface area contributed by atoms with Gasteiger partial charge >= 0.3 is 6.02 Å². The summed E-state index contributed by atoms with van der Waals surface area (Å²) in [5.41, 5.74) is 0. The second kappa shape index (κ2) is 5.14. The van der Waals surface area contributed by atoms with Crippen LogP contribution in [0.25, 0.3) is 0 Å². The van der Waals surface area contributed by atoms with Crippen LogP contribution in [0.2, 0.25) is 0 Å². The first-order valence-corrected chi connectivity index (χ1v) is 4.94. The molecule has 0 unspecified atom stereocenters. The zero-order valence-corrected chi connectivity index (χ0v) is 12.0. The summed E-state index contributed by atoms with van der Waals surface area (Å²) in [7, 11) is 7.89. The molecule has 0 bridgehead atoms. The lowest BCUT2D eigenvalue weighted by Crippen LogP contribution is -3.00. The smallest absolute Gasteiger partial charge is 0.347 e. The van der Waals surface area contributed by atoms with Crippen LogP contribution in [-0.4, -0.2) is 50.2 Å². The number of likely N-dealkylation sites (N-methyl/N-ethyl adjacent to an activating group) is 1. The molecule has 0 radical (unpaired) electrons. The minimum Gasteiger partial charge on any atom is -1.00 e. The van der Waals surface area contributed by atoms with E-state index in [1.54, 1.807) is 4.99 Å². The molecule has 0 aliphatic carbocycles. The number of nitrogens with zero attached hydrogens (tertiary/aromatic N) is 3. The Morgan fingerprint density at radius 3 is 2.50 bits per heavy atom. The molecule has 4 nitrogen and oxygen atoms in total. The molecule has 0 amide bonds. The number of halogens is 2. The Balaban J connectivity index is 0.00000169. The molecule has 1 heterocycles. The molecule has 0 aromatic heterocycles. The molecule has 0 saturated heterocycles. The van der Waals surface area contributed by atoms with Gasteiger partial charge in [-0.2, -0.15) is 4.59 Å². The maximum Gasteiger partial charge on any atom is 0.347 e. The second-order valence-electron chi connectivity index (χ2n) is 3.73. The van der Waals surface area contributed by atoms with Crippen LogP contribution in [0.15, 0.2) is 15.8 Å². The molecule has 14 heavy (non-hydrogen) atoms. The standard InChI is InChI=1S/C8H15BrN3O.BrH/c1-11(2)8-10-12(3,4)6-7(5-9)13-8;/h5H,6H2,1-4H3;1H/q+1;/p-1. The van der Waals surface area contributed by atoms with Crippen LogP contribution in [0.3, 0.4) is 0 Å². The van der Waals surface area contributed by atoms with Crippen LogP contribution in [0, 0.1) is 0 Å². The highest BCUT2D eigenvalue weighted by Crippen LogP contribution is 2.16. The van der Waals surface area contributed by atoms with Crippen LogP contribution in [0.5, 0.6) is 0 Å². The van der Waals surface area contributed by atoms with E-state index in [0.29, 0.717) is 10.6 Å². The van der Waals surface area contributed by atoms with Crippen LogP contribution in [0.4, 0.5) is 0 Å². The van der Waals surface area contributed by atoms with Gasteiger partial charge in [0.15, 0.2) is 12.3 Å². The Kier molecular flexibility index (Phi) is 5.11. The zero-order chi connectivity index (χ0) is 10.1. The number of hydrogen-bond donors (Lipinski definition) is 0. The summed E-state index contributed by atoms with van der Waals surface area (Å²) < 4.78 is 6.07. The van der Waals surface area contributed by atoms with E-state index in [4.69, 9.17) is 4.74 Å². The second-order valence-corrected chi connectivity index (χ2v) is 4.19. The van der Waals surface area contributed by atoms with E-state index in [9.17, 15) is 0 Å². The molecule has 1 aliphatic heterocycles. The van der Waals surface area contributed by atoms with Crippen molar-refractivity contribution in [3.63, 3.8) is 0 Å². The van der Waals surface area contributed by atoms with E-state index in [1.165, 1.54) is 0 Å². The fourth-order valence-electron chi connectivity index (χ4n) is 1.06. The quantitative estimate of drug-likeness (QED) is 0.489. The van der Waals surface area contributed by atoms with Crippen molar-refractivity contribution in [2.75, 3.05) is 34.7 Å². The molecular weight excluding hydrogens is 314 g/mol. The molecule has 1 aliphatic rings. The van der Waals surface area contributed by atoms with Gasteiger partial charge in [-0.05, 0) is 5.10 Å². The molecule has 0 saturated carbocycles. The number of rotatable bonds is 0. The number of quaternary nitrogens is 1. The van der Waals surface area contributed by atoms with Gasteiger partial charge in [0.25, 0.3) is 0 Å². The molecule has 82 valence electrons. The molecule has 0 aromatic carbocycles. The lowest BCUT2D eigenvalue weighted by molar-refractivity contribution is -0.896. The Hall–Kier alpha value is -0.0700. The van der Waals surface area contributed by atoms with E-state index < -0.39 is 0 Å². The summed E-state index contributed by atoms with van der Waals surface area (Å²) in [4.78, 5) is 3.65. The van der Waals surface area contributed by atoms with Crippen molar-refractivity contribution in [2.45, 2.75) is 0 Å². The first kappa shape index (κ1) is 13.9. The minimum absolute atomic E-state index is 0. The Morgan fingerprint density at radius 1 is 1.50 bits per heavy atom. The third kappa shape index (κ3) is 3.59. The Bertz CT molecular complexity index is 261. The van der Waals surface area contributed by atoms with E-state index in [-0.39, 0.29) is 17.0 Å². The van der Waals surface area contributed by atoms with E-state index >= 15 is 0 Å². The molecule has 0 spiro atoms. The molecule has 1 rings (SSSR count). The topological polar surface area (TPSA) is 24.8 Å². The Morgan fingerprint density at radius 2 is 2.07 bits per heavy atom. The fraction of sp³-hybridized carbons (Fsp3) is 0.625. The van der Waals surface area contributed by atoms with Gasteiger partial charge in [0, 0.05) is 19.1 Å². The fourth-order valence-corrected chi connectivity index (χ4v) is 1.29. The summed E-state index contributed by atoms with van der Waals surface area (Å²) in [5, 5.41) is 4.41. The van der Waals surface area contributed by atoms with Gasteiger partial charge < -0.3 is 26.6 Å². The van der Waals surface area contributed by atoms with E-state index in [1.807, 2.05) is 33.1 Å². The van der Waals surface area contributed by atoms with Gasteiger partial charge in [-0.15, -0.1) is 0 Å². The molecule has 0 fully saturated rings. The maximum atomic E-state index is 5.51. The summed E-state index contributed by atoms with van der Waals surface area (Å²) in [6.07, 6.45) is 0. The summed E-state index contributed by atoms with van der Waals surface area (Å²) >= 11 is 3.27. The molecule has 0 atom stereocenters. The third-order valence-corrected chi connectivity index (χ3v) is 2.14. The SMILES string of the molecule is CN(C)C1=N[N+](C)(C)CC(=CBr)O1.[Br-]. The predicted molar refractivity (Wildman–Crippen MR) is 56.2 cm³/mol. The van der Waals surface area contributed by atoms with Crippen molar-refractivity contribution in [3.05, 3.63) is 10.7 Å². The van der Waals surface area contributed by atoms with Crippen LogP contribution >= 0.6 is 15.9 Å². The van der Waals surface area contributed by atoms with Gasteiger partial charge in [0.1, 0.15) is 0 Å². The lowest BCUT2D eigenvalue weighted by atomic mass is 10.5. The normalized spacial score (nSPS) is 22.1. The monoisotopic (exact) mass is 327 g/mol. The zero-order valence-electron chi connectivity index (χ0n) is 8.79. The highest BCUT2D eigenvalue weighted by Gasteiger charge is 2.28. The third-order valence-electron chi connectivity index (χ3n) is 1.63. The number of ether oxygens (including phenoxy) is 1. The minimum atomic E-state index is 0. The molecule has 0 N–H and O–H groups in total. The first-order valence-electron chi connectivity index (χ1n) is 4.02. The van der Waals surface area contributed by atoms with Crippen molar-refractivity contribution in [2.24, 2.45) is 5.10 Å². The van der Waals surface area contributed by atoms with Gasteiger partial charge in [0.05, 0.1) is 14.1 Å². The number of amidine groups is 1. The van der Waals surface area contributed by atoms with Crippen LogP contribution in [-0.2, 0) is 4.74 Å². The van der Waals surface area contributed by atoms with Gasteiger partial charge in [-0.1, -0.05) is 15.9 Å². The van der Waals surface area contributed by atoms with Crippen LogP contribution in [0.1, 0.15) is 0 Å². The van der Waals surface area contributed by atoms with Gasteiger partial charge in [-0.25, -0.2) is 0 Å². The average molecular weight is 329 g/mol. The molecule has 6 heteroatoms. The van der Waals surface area contributed by atoms with Crippen molar-refractivity contribution in [1.29, 1.82) is 0 Å². The lowest BCUT2D eigenvalue weighted by Gasteiger charge is -2.30. The predicted octanol–water partition coefficient (Wildman–Crippen LogP) is -1.83. The Labute approximate surface area is 104 Å². The van der Waals surface area contributed by atoms with Crippen molar-refractivity contribution < 1.29 is 26.3 Å². The largest absolute Gasteiger partial charge is 1.00 e. The van der Waals surface area contributed by atoms with Gasteiger partial charge in [-0.3, -0.25) is 0 Å². The summed E-state index contributed by atoms with van der Waals surface area (Å²) in [6.45, 7) is 0.766. The van der Waals surface area contributed by atoms with E-state index in [0.717, 1.165) is 12.3 Å². The van der Waals surface area contributed by atoms with Crippen molar-refractivity contribution >= 4 is 22.0 Å². The molecular formula is C8H15Br2N3O. The number of hydrogen-bond acceptors (Lipinski definition) is 3. The van der Waals surface area contributed by atoms with Crippen LogP contribution < -0.4 is 17.0 Å². The molecule has 0 aromatic rings. The average Bonchev–Trinajstić information content (AvgIpc) is 2.01. The van der Waals surface area contributed by atoms with Crippen molar-refractivity contribution in [3.8, 4) is 0 Å². The summed E-state index contributed by atoms with van der Waals surface area (Å²) in [6, 6.07) is 0.641.